The van der Waals surface area contributed by atoms with Crippen molar-refractivity contribution in [3.05, 3.63) is 0 Å². The van der Waals surface area contributed by atoms with E-state index in [9.17, 15) is 14.7 Å². The summed E-state index contributed by atoms with van der Waals surface area (Å²) >= 11 is 0. The lowest BCUT2D eigenvalue weighted by Crippen LogP contribution is -2.47. The van der Waals surface area contributed by atoms with Crippen molar-refractivity contribution in [1.82, 2.24) is 0 Å². The van der Waals surface area contributed by atoms with Gasteiger partial charge in [0.1, 0.15) is 5.60 Å². The number of carboxylic acids is 1. The Morgan fingerprint density at radius 3 is 2.29 bits per heavy atom. The monoisotopic (exact) mass is 206 g/mol. The van der Waals surface area contributed by atoms with Crippen LogP contribution in [-0.2, 0) is 14.3 Å². The molecule has 0 aromatic heterocycles. The van der Waals surface area contributed by atoms with Gasteiger partial charge in [-0.2, -0.15) is 0 Å². The van der Waals surface area contributed by atoms with Gasteiger partial charge in [-0.3, -0.25) is 4.79 Å². The molecule has 82 valence electrons. The third-order valence-electron chi connectivity index (χ3n) is 1.69. The molecule has 2 atom stereocenters. The smallest absolute Gasteiger partial charge is 0.348 e. The number of carbonyl (C=O) groups is 2. The zero-order chi connectivity index (χ0) is 11.4. The molecule has 0 aliphatic carbocycles. The Kier molecular flexibility index (Phi) is 4.52. The largest absolute Gasteiger partial charge is 0.478 e. The van der Waals surface area contributed by atoms with Crippen LogP contribution in [-0.4, -0.2) is 45.6 Å². The summed E-state index contributed by atoms with van der Waals surface area (Å²) in [4.78, 5) is 21.2. The first-order valence-corrected chi connectivity index (χ1v) is 4.04. The zero-order valence-electron chi connectivity index (χ0n) is 8.06. The van der Waals surface area contributed by atoms with Gasteiger partial charge in [-0.15, -0.1) is 0 Å². The predicted octanol–water partition coefficient (Wildman–Crippen LogP) is -0.864. The second kappa shape index (κ2) is 4.92. The Labute approximate surface area is 81.1 Å². The number of aliphatic carboxylic acids is 1. The summed E-state index contributed by atoms with van der Waals surface area (Å²) < 4.78 is 4.43. The van der Waals surface area contributed by atoms with Crippen molar-refractivity contribution in [2.75, 3.05) is 6.61 Å². The van der Waals surface area contributed by atoms with Gasteiger partial charge in [0.2, 0.25) is 6.10 Å². The minimum atomic E-state index is -1.77. The quantitative estimate of drug-likeness (QED) is 0.505. The molecule has 0 spiro atoms. The highest BCUT2D eigenvalue weighted by Gasteiger charge is 2.39. The molecule has 0 saturated heterocycles. The maximum absolute atomic E-state index is 10.6. The molecular weight excluding hydrogens is 192 g/mol. The molecule has 0 saturated carbocycles. The Bertz CT molecular complexity index is 222. The van der Waals surface area contributed by atoms with Gasteiger partial charge >= 0.3 is 11.9 Å². The highest BCUT2D eigenvalue weighted by molar-refractivity contribution is 5.78. The molecule has 0 heterocycles. The lowest BCUT2D eigenvalue weighted by Gasteiger charge is -2.28. The van der Waals surface area contributed by atoms with E-state index in [0.717, 1.165) is 6.92 Å². The summed E-state index contributed by atoms with van der Waals surface area (Å²) in [7, 11) is 0. The normalized spacial score (nSPS) is 16.9. The number of rotatable bonds is 5. The minimum Gasteiger partial charge on any atom is -0.478 e. The molecule has 0 fully saturated rings. The van der Waals surface area contributed by atoms with Gasteiger partial charge in [0, 0.05) is 20.0 Å². The maximum Gasteiger partial charge on any atom is 0.348 e. The lowest BCUT2D eigenvalue weighted by atomic mass is 9.95. The highest BCUT2D eigenvalue weighted by atomic mass is 16.6. The molecule has 0 aromatic rings. The average Bonchev–Trinajstić information content (AvgIpc) is 1.99. The first-order valence-electron chi connectivity index (χ1n) is 4.04. The third kappa shape index (κ3) is 3.71. The molecule has 6 heteroatoms. The second-order valence-electron chi connectivity index (χ2n) is 3.16. The van der Waals surface area contributed by atoms with Gasteiger partial charge < -0.3 is 20.1 Å². The maximum atomic E-state index is 10.6. The highest BCUT2D eigenvalue weighted by Crippen LogP contribution is 2.18. The summed E-state index contributed by atoms with van der Waals surface area (Å²) in [6, 6.07) is 0. The van der Waals surface area contributed by atoms with Crippen LogP contribution in [0, 0.1) is 0 Å². The number of aliphatic hydroxyl groups excluding tert-OH is 1. The van der Waals surface area contributed by atoms with Crippen LogP contribution in [0.5, 0.6) is 0 Å². The second-order valence-corrected chi connectivity index (χ2v) is 3.16. The van der Waals surface area contributed by atoms with Crippen molar-refractivity contribution in [2.24, 2.45) is 0 Å². The van der Waals surface area contributed by atoms with Crippen molar-refractivity contribution in [3.8, 4) is 0 Å². The lowest BCUT2D eigenvalue weighted by molar-refractivity contribution is -0.181. The summed E-state index contributed by atoms with van der Waals surface area (Å²) in [5.41, 5.74) is -1.77. The summed E-state index contributed by atoms with van der Waals surface area (Å²) in [5, 5.41) is 26.8. The minimum absolute atomic E-state index is 0.183. The molecule has 3 N–H and O–H groups in total. The van der Waals surface area contributed by atoms with E-state index in [2.05, 4.69) is 4.74 Å². The molecule has 0 aliphatic rings. The van der Waals surface area contributed by atoms with Crippen molar-refractivity contribution >= 4 is 11.9 Å². The van der Waals surface area contributed by atoms with E-state index in [4.69, 9.17) is 10.2 Å². The van der Waals surface area contributed by atoms with Crippen LogP contribution in [0.15, 0.2) is 0 Å². The molecule has 0 amide bonds. The molecule has 1 unspecified atom stereocenters. The van der Waals surface area contributed by atoms with Crippen LogP contribution in [0.1, 0.15) is 20.3 Å². The van der Waals surface area contributed by atoms with Crippen LogP contribution in [0.4, 0.5) is 0 Å². The number of carboxylic acid groups (broad SMARTS) is 1. The fourth-order valence-electron chi connectivity index (χ4n) is 0.967. The van der Waals surface area contributed by atoms with E-state index >= 15 is 0 Å². The number of esters is 1. The average molecular weight is 206 g/mol. The van der Waals surface area contributed by atoms with Crippen molar-refractivity contribution in [3.63, 3.8) is 0 Å². The zero-order valence-corrected chi connectivity index (χ0v) is 8.06. The van der Waals surface area contributed by atoms with E-state index in [1.807, 2.05) is 0 Å². The molecule has 0 aliphatic heterocycles. The number of hydrogen-bond donors (Lipinski definition) is 3. The Hall–Kier alpha value is -1.14. The number of aliphatic hydroxyl groups is 2. The van der Waals surface area contributed by atoms with E-state index in [-0.39, 0.29) is 6.42 Å². The molecule has 0 aromatic carbocycles. The summed E-state index contributed by atoms with van der Waals surface area (Å²) in [5.74, 6) is -2.24. The van der Waals surface area contributed by atoms with Gasteiger partial charge in [-0.25, -0.2) is 4.79 Å². The van der Waals surface area contributed by atoms with Crippen LogP contribution in [0.25, 0.3) is 0 Å². The predicted molar refractivity (Wildman–Crippen MR) is 45.5 cm³/mol. The van der Waals surface area contributed by atoms with E-state index in [1.54, 1.807) is 0 Å². The van der Waals surface area contributed by atoms with Gasteiger partial charge in [-0.05, 0) is 6.92 Å². The summed E-state index contributed by atoms with van der Waals surface area (Å²) in [6.07, 6.45) is -1.84. The van der Waals surface area contributed by atoms with Crippen LogP contribution < -0.4 is 0 Å². The van der Waals surface area contributed by atoms with Crippen molar-refractivity contribution < 1.29 is 29.6 Å². The Morgan fingerprint density at radius 1 is 1.50 bits per heavy atom. The standard InChI is InChI=1S/C8H14O6/c1-5(10)14-6(7(11)12)8(2,13)3-4-9/h6,9,13H,3-4H2,1-2H3,(H,11,12)/t6?,8-/m1/s1. The fraction of sp³-hybridized carbons (Fsp3) is 0.750. The Balaban J connectivity index is 4.62. The third-order valence-corrected chi connectivity index (χ3v) is 1.69. The molecule has 0 radical (unpaired) electrons. The van der Waals surface area contributed by atoms with E-state index in [1.165, 1.54) is 6.92 Å². The first-order chi connectivity index (χ1) is 6.31. The van der Waals surface area contributed by atoms with Gasteiger partial charge in [0.25, 0.3) is 0 Å². The first kappa shape index (κ1) is 12.9. The topological polar surface area (TPSA) is 104 Å². The molecule has 0 bridgehead atoms. The molecule has 0 rings (SSSR count). The van der Waals surface area contributed by atoms with E-state index < -0.39 is 30.3 Å². The number of carbonyl (C=O) groups excluding carboxylic acids is 1. The van der Waals surface area contributed by atoms with Crippen LogP contribution in [0.3, 0.4) is 0 Å². The SMILES string of the molecule is CC(=O)OC(C(=O)O)[C@](C)(O)CCO. The van der Waals surface area contributed by atoms with E-state index in [0.29, 0.717) is 0 Å². The van der Waals surface area contributed by atoms with Crippen molar-refractivity contribution in [2.45, 2.75) is 32.0 Å². The van der Waals surface area contributed by atoms with Crippen molar-refractivity contribution in [1.29, 1.82) is 0 Å². The Morgan fingerprint density at radius 2 is 2.00 bits per heavy atom. The van der Waals surface area contributed by atoms with Crippen LogP contribution in [0.2, 0.25) is 0 Å². The fourth-order valence-corrected chi connectivity index (χ4v) is 0.967. The molecular formula is C8H14O6. The number of ether oxygens (including phenoxy) is 1. The van der Waals surface area contributed by atoms with Gasteiger partial charge in [0.15, 0.2) is 0 Å². The van der Waals surface area contributed by atoms with Crippen LogP contribution >= 0.6 is 0 Å². The molecule has 6 nitrogen and oxygen atoms in total. The number of hydrogen-bond acceptors (Lipinski definition) is 5. The van der Waals surface area contributed by atoms with Gasteiger partial charge in [-0.1, -0.05) is 0 Å². The summed E-state index contributed by atoms with van der Waals surface area (Å²) in [6.45, 7) is 1.84. The molecule has 14 heavy (non-hydrogen) atoms. The van der Waals surface area contributed by atoms with Gasteiger partial charge in [0.05, 0.1) is 0 Å².